The summed E-state index contributed by atoms with van der Waals surface area (Å²) in [5, 5.41) is 1.35. The van der Waals surface area contributed by atoms with Gasteiger partial charge in [-0.15, -0.1) is 0 Å². The van der Waals surface area contributed by atoms with Crippen molar-refractivity contribution in [2.45, 2.75) is 20.4 Å². The zero-order valence-corrected chi connectivity index (χ0v) is 16.3. The van der Waals surface area contributed by atoms with Crippen LogP contribution in [0.4, 0.5) is 0 Å². The average molecular weight is 406 g/mol. The molecule has 0 aliphatic heterocycles. The van der Waals surface area contributed by atoms with E-state index < -0.39 is 11.9 Å². The highest BCUT2D eigenvalue weighted by molar-refractivity contribution is 6.43. The minimum absolute atomic E-state index is 0.165. The van der Waals surface area contributed by atoms with Crippen LogP contribution in [-0.2, 0) is 16.1 Å². The van der Waals surface area contributed by atoms with E-state index in [9.17, 15) is 9.59 Å². The van der Waals surface area contributed by atoms with E-state index in [-0.39, 0.29) is 22.4 Å². The summed E-state index contributed by atoms with van der Waals surface area (Å²) in [5.41, 5.74) is 2.03. The first-order valence-corrected chi connectivity index (χ1v) is 9.08. The first-order chi connectivity index (χ1) is 12.9. The fraction of sp³-hybridized carbons (Fsp3) is 0.200. The summed E-state index contributed by atoms with van der Waals surface area (Å²) in [5.74, 6) is -0.724. The third-order valence-electron chi connectivity index (χ3n) is 3.94. The highest BCUT2D eigenvalue weighted by Gasteiger charge is 2.18. The number of benzene rings is 2. The minimum Gasteiger partial charge on any atom is -0.461 e. The Balaban J connectivity index is 2.08. The van der Waals surface area contributed by atoms with Gasteiger partial charge in [-0.05, 0) is 36.8 Å². The molecule has 5 nitrogen and oxygen atoms in total. The fourth-order valence-electron chi connectivity index (χ4n) is 2.88. The monoisotopic (exact) mass is 405 g/mol. The number of rotatable bonds is 5. The maximum Gasteiger partial charge on any atom is 0.354 e. The molecule has 1 aromatic heterocycles. The van der Waals surface area contributed by atoms with Crippen LogP contribution in [0.25, 0.3) is 10.9 Å². The Morgan fingerprint density at radius 1 is 1.11 bits per heavy atom. The number of aromatic nitrogens is 1. The lowest BCUT2D eigenvalue weighted by Gasteiger charge is -2.13. The third kappa shape index (κ3) is 4.10. The summed E-state index contributed by atoms with van der Waals surface area (Å²) >= 11 is 12.3. The van der Waals surface area contributed by atoms with Crippen LogP contribution < -0.4 is 4.74 Å². The highest BCUT2D eigenvalue weighted by atomic mass is 35.5. The number of hydrogen-bond acceptors (Lipinski definition) is 4. The molecule has 0 radical (unpaired) electrons. The molecule has 0 unspecified atom stereocenters. The minimum atomic E-state index is -0.497. The first kappa shape index (κ1) is 19.3. The van der Waals surface area contributed by atoms with Crippen LogP contribution in [0.2, 0.25) is 10.0 Å². The van der Waals surface area contributed by atoms with Crippen LogP contribution in [0.15, 0.2) is 42.5 Å². The average Bonchev–Trinajstić information content (AvgIpc) is 2.98. The van der Waals surface area contributed by atoms with Gasteiger partial charge in [0.05, 0.1) is 11.6 Å². The van der Waals surface area contributed by atoms with E-state index in [1.165, 1.54) is 6.92 Å². The largest absolute Gasteiger partial charge is 0.461 e. The van der Waals surface area contributed by atoms with Gasteiger partial charge in [0.15, 0.2) is 5.75 Å². The van der Waals surface area contributed by atoms with Gasteiger partial charge in [0, 0.05) is 24.4 Å². The molecular weight excluding hydrogens is 389 g/mol. The Labute approximate surface area is 166 Å². The first-order valence-electron chi connectivity index (χ1n) is 8.32. The lowest BCUT2D eigenvalue weighted by Crippen LogP contribution is -2.13. The van der Waals surface area contributed by atoms with Gasteiger partial charge < -0.3 is 14.0 Å². The molecule has 0 N–H and O–H groups in total. The van der Waals surface area contributed by atoms with Crippen molar-refractivity contribution >= 4 is 46.0 Å². The van der Waals surface area contributed by atoms with Crippen molar-refractivity contribution in [3.8, 4) is 5.75 Å². The number of halogens is 2. The van der Waals surface area contributed by atoms with Gasteiger partial charge in [-0.2, -0.15) is 0 Å². The Morgan fingerprint density at radius 2 is 1.85 bits per heavy atom. The summed E-state index contributed by atoms with van der Waals surface area (Å²) < 4.78 is 12.1. The van der Waals surface area contributed by atoms with Gasteiger partial charge in [0.25, 0.3) is 0 Å². The number of ether oxygens (including phenoxy) is 2. The number of esters is 2. The molecule has 27 heavy (non-hydrogen) atoms. The second-order valence-electron chi connectivity index (χ2n) is 5.88. The van der Waals surface area contributed by atoms with Gasteiger partial charge in [0.1, 0.15) is 10.7 Å². The van der Waals surface area contributed by atoms with E-state index in [0.717, 1.165) is 16.5 Å². The van der Waals surface area contributed by atoms with Crippen molar-refractivity contribution < 1.29 is 19.1 Å². The van der Waals surface area contributed by atoms with Crippen LogP contribution in [0.3, 0.4) is 0 Å². The molecule has 0 saturated carbocycles. The Hall–Kier alpha value is -2.50. The Kier molecular flexibility index (Phi) is 5.73. The van der Waals surface area contributed by atoms with Crippen molar-refractivity contribution in [3.05, 3.63) is 63.8 Å². The zero-order chi connectivity index (χ0) is 19.6. The lowest BCUT2D eigenvalue weighted by molar-refractivity contribution is -0.131. The maximum atomic E-state index is 12.4. The molecule has 140 valence electrons. The van der Waals surface area contributed by atoms with Crippen LogP contribution >= 0.6 is 23.2 Å². The molecule has 1 heterocycles. The second kappa shape index (κ2) is 8.03. The molecule has 0 amide bonds. The van der Waals surface area contributed by atoms with E-state index in [0.29, 0.717) is 12.2 Å². The van der Waals surface area contributed by atoms with E-state index >= 15 is 0 Å². The molecule has 3 rings (SSSR count). The molecule has 0 fully saturated rings. The fourth-order valence-corrected chi connectivity index (χ4v) is 3.26. The van der Waals surface area contributed by atoms with Gasteiger partial charge in [-0.25, -0.2) is 4.79 Å². The number of fused-ring (bicyclic) bond motifs is 1. The van der Waals surface area contributed by atoms with E-state index in [2.05, 4.69) is 0 Å². The molecule has 0 bridgehead atoms. The van der Waals surface area contributed by atoms with Crippen molar-refractivity contribution in [3.63, 3.8) is 0 Å². The summed E-state index contributed by atoms with van der Waals surface area (Å²) in [7, 11) is 0. The van der Waals surface area contributed by atoms with Crippen molar-refractivity contribution in [1.29, 1.82) is 0 Å². The van der Waals surface area contributed by atoms with Crippen molar-refractivity contribution in [2.24, 2.45) is 0 Å². The SMILES string of the molecule is CCOC(=O)c1cc2ccccc2n1Cc1cc(Cl)c(Cl)c(OC(C)=O)c1. The zero-order valence-electron chi connectivity index (χ0n) is 14.8. The number of nitrogens with zero attached hydrogens (tertiary/aromatic N) is 1. The molecule has 7 heteroatoms. The highest BCUT2D eigenvalue weighted by Crippen LogP contribution is 2.34. The topological polar surface area (TPSA) is 57.5 Å². The van der Waals surface area contributed by atoms with Crippen LogP contribution in [-0.4, -0.2) is 23.1 Å². The maximum absolute atomic E-state index is 12.4. The molecule has 0 saturated heterocycles. The number of carbonyl (C=O) groups excluding carboxylic acids is 2. The number of hydrogen-bond donors (Lipinski definition) is 0. The molecular formula is C20H17Cl2NO4. The summed E-state index contributed by atoms with van der Waals surface area (Å²) in [4.78, 5) is 23.7. The van der Waals surface area contributed by atoms with Gasteiger partial charge in [0.2, 0.25) is 0 Å². The molecule has 0 spiro atoms. The molecule has 3 aromatic rings. The van der Waals surface area contributed by atoms with Gasteiger partial charge in [-0.3, -0.25) is 4.79 Å². The van der Waals surface area contributed by atoms with Crippen LogP contribution in [0, 0.1) is 0 Å². The van der Waals surface area contributed by atoms with E-state index in [4.69, 9.17) is 32.7 Å². The summed E-state index contributed by atoms with van der Waals surface area (Å²) in [6, 6.07) is 12.8. The smallest absolute Gasteiger partial charge is 0.354 e. The third-order valence-corrected chi connectivity index (χ3v) is 4.73. The Bertz CT molecular complexity index is 1030. The van der Waals surface area contributed by atoms with Gasteiger partial charge in [-0.1, -0.05) is 41.4 Å². The second-order valence-corrected chi connectivity index (χ2v) is 6.66. The lowest BCUT2D eigenvalue weighted by atomic mass is 10.2. The number of para-hydroxylation sites is 1. The van der Waals surface area contributed by atoms with Crippen LogP contribution in [0.5, 0.6) is 5.75 Å². The molecule has 0 aliphatic carbocycles. The molecule has 0 aliphatic rings. The molecule has 2 aromatic carbocycles. The summed E-state index contributed by atoms with van der Waals surface area (Å²) in [6.45, 7) is 3.65. The predicted molar refractivity (Wildman–Crippen MR) is 105 cm³/mol. The van der Waals surface area contributed by atoms with E-state index in [1.54, 1.807) is 25.1 Å². The van der Waals surface area contributed by atoms with Crippen molar-refractivity contribution in [2.75, 3.05) is 6.61 Å². The molecule has 0 atom stereocenters. The number of carbonyl (C=O) groups is 2. The summed E-state index contributed by atoms with van der Waals surface area (Å²) in [6.07, 6.45) is 0. The van der Waals surface area contributed by atoms with E-state index in [1.807, 2.05) is 28.8 Å². The van der Waals surface area contributed by atoms with Gasteiger partial charge >= 0.3 is 11.9 Å². The standard InChI is InChI=1S/C20H17Cl2NO4/c1-3-26-20(25)17-10-14-6-4-5-7-16(14)23(17)11-13-8-15(21)19(22)18(9-13)27-12(2)24/h4-10H,3,11H2,1-2H3. The Morgan fingerprint density at radius 3 is 2.56 bits per heavy atom. The quantitative estimate of drug-likeness (QED) is 0.437. The normalized spacial score (nSPS) is 10.8. The van der Waals surface area contributed by atoms with Crippen molar-refractivity contribution in [1.82, 2.24) is 4.57 Å². The predicted octanol–water partition coefficient (Wildman–Crippen LogP) is 5.10. The van der Waals surface area contributed by atoms with Crippen LogP contribution in [0.1, 0.15) is 29.9 Å².